The van der Waals surface area contributed by atoms with Crippen LogP contribution in [0.25, 0.3) is 0 Å². The molecule has 2 heterocycles. The lowest BCUT2D eigenvalue weighted by Crippen LogP contribution is -2.35. The molecule has 0 amide bonds. The van der Waals surface area contributed by atoms with Crippen LogP contribution >= 0.6 is 11.6 Å². The summed E-state index contributed by atoms with van der Waals surface area (Å²) in [5.74, 6) is 0.579. The van der Waals surface area contributed by atoms with E-state index in [-0.39, 0.29) is 10.6 Å². The van der Waals surface area contributed by atoms with Gasteiger partial charge in [-0.15, -0.1) is 0 Å². The molecule has 0 bridgehead atoms. The first-order chi connectivity index (χ1) is 10.6. The fourth-order valence-electron chi connectivity index (χ4n) is 3.20. The van der Waals surface area contributed by atoms with Crippen molar-refractivity contribution < 1.29 is 0 Å². The minimum absolute atomic E-state index is 0.236. The summed E-state index contributed by atoms with van der Waals surface area (Å²) in [4.78, 5) is 14.1. The molecule has 5 heteroatoms. The van der Waals surface area contributed by atoms with Crippen LogP contribution in [0.4, 0.5) is 5.69 Å². The summed E-state index contributed by atoms with van der Waals surface area (Å²) < 4.78 is 1.27. The van der Waals surface area contributed by atoms with Crippen LogP contribution in [-0.4, -0.2) is 22.9 Å². The lowest BCUT2D eigenvalue weighted by molar-refractivity contribution is 0.502. The average Bonchev–Trinajstić information content (AvgIpc) is 2.54. The lowest BCUT2D eigenvalue weighted by Gasteiger charge is -2.34. The first-order valence-corrected chi connectivity index (χ1v) is 7.98. The first-order valence-electron chi connectivity index (χ1n) is 7.60. The SMILES string of the molecule is Cc1ccccc1C1CCN(c2cnn(C)c(=O)c2Cl)CC1. The zero-order chi connectivity index (χ0) is 15.7. The molecule has 22 heavy (non-hydrogen) atoms. The van der Waals surface area contributed by atoms with E-state index < -0.39 is 0 Å². The van der Waals surface area contributed by atoms with Gasteiger partial charge in [0, 0.05) is 20.1 Å². The molecule has 1 aromatic heterocycles. The van der Waals surface area contributed by atoms with Crippen molar-refractivity contribution in [2.24, 2.45) is 7.05 Å². The fraction of sp³-hybridized carbons (Fsp3) is 0.412. The first kappa shape index (κ1) is 15.1. The van der Waals surface area contributed by atoms with Gasteiger partial charge in [-0.25, -0.2) is 4.68 Å². The molecule has 1 aliphatic rings. The third kappa shape index (κ3) is 2.75. The molecule has 3 rings (SSSR count). The number of aryl methyl sites for hydroxylation is 2. The minimum atomic E-state index is -0.236. The Bertz CT molecular complexity index is 733. The Labute approximate surface area is 135 Å². The Morgan fingerprint density at radius 1 is 1.23 bits per heavy atom. The van der Waals surface area contributed by atoms with Crippen LogP contribution < -0.4 is 10.5 Å². The maximum Gasteiger partial charge on any atom is 0.287 e. The van der Waals surface area contributed by atoms with E-state index in [1.165, 1.54) is 15.8 Å². The second-order valence-corrected chi connectivity index (χ2v) is 6.27. The van der Waals surface area contributed by atoms with Crippen molar-refractivity contribution in [2.45, 2.75) is 25.7 Å². The van der Waals surface area contributed by atoms with Crippen LogP contribution in [0.1, 0.15) is 29.9 Å². The summed E-state index contributed by atoms with van der Waals surface area (Å²) in [6.07, 6.45) is 3.82. The number of piperidine rings is 1. The molecule has 1 aromatic carbocycles. The highest BCUT2D eigenvalue weighted by Gasteiger charge is 2.24. The number of hydrogen-bond acceptors (Lipinski definition) is 3. The highest BCUT2D eigenvalue weighted by Crippen LogP contribution is 2.33. The van der Waals surface area contributed by atoms with E-state index in [2.05, 4.69) is 41.2 Å². The Hall–Kier alpha value is -1.81. The van der Waals surface area contributed by atoms with E-state index >= 15 is 0 Å². The number of benzene rings is 1. The molecule has 1 fully saturated rings. The average molecular weight is 318 g/mol. The predicted molar refractivity (Wildman–Crippen MR) is 89.9 cm³/mol. The fourth-order valence-corrected chi connectivity index (χ4v) is 3.49. The van der Waals surface area contributed by atoms with Crippen LogP contribution in [0.5, 0.6) is 0 Å². The highest BCUT2D eigenvalue weighted by atomic mass is 35.5. The summed E-state index contributed by atoms with van der Waals surface area (Å²) in [6.45, 7) is 3.96. The van der Waals surface area contributed by atoms with Crippen LogP contribution in [-0.2, 0) is 7.05 Å². The van der Waals surface area contributed by atoms with E-state index in [0.717, 1.165) is 31.6 Å². The Kier molecular flexibility index (Phi) is 4.21. The molecule has 116 valence electrons. The van der Waals surface area contributed by atoms with Crippen molar-refractivity contribution in [1.82, 2.24) is 9.78 Å². The van der Waals surface area contributed by atoms with Gasteiger partial charge in [-0.2, -0.15) is 5.10 Å². The smallest absolute Gasteiger partial charge is 0.287 e. The third-order valence-electron chi connectivity index (χ3n) is 4.52. The summed E-state index contributed by atoms with van der Waals surface area (Å²) in [5.41, 5.74) is 3.32. The lowest BCUT2D eigenvalue weighted by atomic mass is 9.87. The van der Waals surface area contributed by atoms with E-state index in [0.29, 0.717) is 5.92 Å². The summed E-state index contributed by atoms with van der Waals surface area (Å²) in [6, 6.07) is 8.58. The molecule has 0 unspecified atom stereocenters. The molecular weight excluding hydrogens is 298 g/mol. The van der Waals surface area contributed by atoms with Crippen molar-refractivity contribution in [3.8, 4) is 0 Å². The van der Waals surface area contributed by atoms with E-state index in [1.807, 2.05) is 0 Å². The van der Waals surface area contributed by atoms with Crippen LogP contribution in [0.2, 0.25) is 5.02 Å². The van der Waals surface area contributed by atoms with Gasteiger partial charge in [-0.05, 0) is 36.8 Å². The van der Waals surface area contributed by atoms with Crippen LogP contribution in [0.3, 0.4) is 0 Å². The van der Waals surface area contributed by atoms with Crippen molar-refractivity contribution in [2.75, 3.05) is 18.0 Å². The number of hydrogen-bond donors (Lipinski definition) is 0. The zero-order valence-electron chi connectivity index (χ0n) is 12.9. The van der Waals surface area contributed by atoms with Gasteiger partial charge in [0.05, 0.1) is 11.9 Å². The molecule has 0 spiro atoms. The monoisotopic (exact) mass is 317 g/mol. The van der Waals surface area contributed by atoms with Crippen molar-refractivity contribution in [1.29, 1.82) is 0 Å². The van der Waals surface area contributed by atoms with Gasteiger partial charge in [0.1, 0.15) is 5.02 Å². The molecule has 1 aliphatic heterocycles. The summed E-state index contributed by atoms with van der Waals surface area (Å²) in [5, 5.41) is 4.35. The Morgan fingerprint density at radius 3 is 2.59 bits per heavy atom. The molecule has 0 saturated carbocycles. The third-order valence-corrected chi connectivity index (χ3v) is 4.88. The van der Waals surface area contributed by atoms with Gasteiger partial charge in [0.25, 0.3) is 5.56 Å². The van der Waals surface area contributed by atoms with Crippen LogP contribution in [0, 0.1) is 6.92 Å². The van der Waals surface area contributed by atoms with Crippen molar-refractivity contribution in [3.63, 3.8) is 0 Å². The Morgan fingerprint density at radius 2 is 1.91 bits per heavy atom. The number of nitrogens with zero attached hydrogens (tertiary/aromatic N) is 3. The van der Waals surface area contributed by atoms with Crippen molar-refractivity contribution >= 4 is 17.3 Å². The number of halogens is 1. The maximum absolute atomic E-state index is 11.9. The molecule has 4 nitrogen and oxygen atoms in total. The van der Waals surface area contributed by atoms with Crippen LogP contribution in [0.15, 0.2) is 35.3 Å². The number of anilines is 1. The second-order valence-electron chi connectivity index (χ2n) is 5.89. The molecule has 1 saturated heterocycles. The molecular formula is C17H20ClN3O. The molecule has 2 aromatic rings. The van der Waals surface area contributed by atoms with Gasteiger partial charge in [0.2, 0.25) is 0 Å². The molecule has 0 aliphatic carbocycles. The van der Waals surface area contributed by atoms with Gasteiger partial charge >= 0.3 is 0 Å². The van der Waals surface area contributed by atoms with E-state index in [9.17, 15) is 4.79 Å². The number of aromatic nitrogens is 2. The zero-order valence-corrected chi connectivity index (χ0v) is 13.7. The largest absolute Gasteiger partial charge is 0.369 e. The van der Waals surface area contributed by atoms with Crippen molar-refractivity contribution in [3.05, 3.63) is 57.0 Å². The van der Waals surface area contributed by atoms with Gasteiger partial charge in [-0.3, -0.25) is 4.79 Å². The van der Waals surface area contributed by atoms with E-state index in [4.69, 9.17) is 11.6 Å². The topological polar surface area (TPSA) is 38.1 Å². The molecule has 0 radical (unpaired) electrons. The summed E-state index contributed by atoms with van der Waals surface area (Å²) >= 11 is 6.20. The van der Waals surface area contributed by atoms with Gasteiger partial charge < -0.3 is 4.90 Å². The minimum Gasteiger partial charge on any atom is -0.369 e. The van der Waals surface area contributed by atoms with Gasteiger partial charge in [0.15, 0.2) is 0 Å². The predicted octanol–water partition coefficient (Wildman–Crippen LogP) is 3.13. The number of rotatable bonds is 2. The second kappa shape index (κ2) is 6.13. The highest BCUT2D eigenvalue weighted by molar-refractivity contribution is 6.33. The maximum atomic E-state index is 11.9. The standard InChI is InChI=1S/C17H20ClN3O/c1-12-5-3-4-6-14(12)13-7-9-21(10-8-13)15-11-19-20(2)17(22)16(15)18/h3-6,11,13H,7-10H2,1-2H3. The molecule has 0 atom stereocenters. The summed E-state index contributed by atoms with van der Waals surface area (Å²) in [7, 11) is 1.61. The molecule has 0 N–H and O–H groups in total. The van der Waals surface area contributed by atoms with E-state index in [1.54, 1.807) is 13.2 Å². The quantitative estimate of drug-likeness (QED) is 0.854. The normalized spacial score (nSPS) is 16.0. The van der Waals surface area contributed by atoms with Gasteiger partial charge in [-0.1, -0.05) is 35.9 Å². The Balaban J connectivity index is 1.76.